The van der Waals surface area contributed by atoms with Crippen LogP contribution in [0.25, 0.3) is 0 Å². The van der Waals surface area contributed by atoms with Crippen LogP contribution in [-0.2, 0) is 6.54 Å². The molecule has 0 aromatic heterocycles. The van der Waals surface area contributed by atoms with Crippen molar-refractivity contribution in [3.05, 3.63) is 53.1 Å². The van der Waals surface area contributed by atoms with Crippen molar-refractivity contribution in [1.29, 1.82) is 0 Å². The Hall–Kier alpha value is -2.73. The van der Waals surface area contributed by atoms with Gasteiger partial charge >= 0.3 is 0 Å². The second-order valence-corrected chi connectivity index (χ2v) is 7.72. The first-order valence-corrected chi connectivity index (χ1v) is 10.2. The number of fused-ring (bicyclic) bond motifs is 1. The van der Waals surface area contributed by atoms with Gasteiger partial charge in [0.05, 0.1) is 7.11 Å². The van der Waals surface area contributed by atoms with Gasteiger partial charge in [0.25, 0.3) is 5.91 Å². The van der Waals surface area contributed by atoms with Gasteiger partial charge in [0.2, 0.25) is 5.75 Å². The summed E-state index contributed by atoms with van der Waals surface area (Å²) in [5.41, 5.74) is 3.17. The third-order valence-corrected chi connectivity index (χ3v) is 5.50. The highest BCUT2D eigenvalue weighted by Gasteiger charge is 2.24. The summed E-state index contributed by atoms with van der Waals surface area (Å²) < 4.78 is 16.6. The van der Waals surface area contributed by atoms with Crippen molar-refractivity contribution in [2.45, 2.75) is 32.4 Å². The number of likely N-dealkylation sites (tertiary alicyclic amines) is 1. The molecule has 6 heteroatoms. The van der Waals surface area contributed by atoms with E-state index in [0.717, 1.165) is 32.5 Å². The fourth-order valence-corrected chi connectivity index (χ4v) is 3.98. The maximum Gasteiger partial charge on any atom is 0.251 e. The average molecular weight is 396 g/mol. The van der Waals surface area contributed by atoms with Gasteiger partial charge in [-0.3, -0.25) is 9.69 Å². The lowest BCUT2D eigenvalue weighted by atomic mass is 10.0. The highest BCUT2D eigenvalue weighted by molar-refractivity contribution is 5.95. The van der Waals surface area contributed by atoms with E-state index >= 15 is 0 Å². The van der Waals surface area contributed by atoms with Gasteiger partial charge in [-0.1, -0.05) is 29.8 Å². The molecule has 0 atom stereocenters. The van der Waals surface area contributed by atoms with E-state index in [1.807, 2.05) is 0 Å². The molecule has 1 saturated heterocycles. The van der Waals surface area contributed by atoms with Crippen LogP contribution in [0.4, 0.5) is 0 Å². The molecule has 1 N–H and O–H groups in total. The van der Waals surface area contributed by atoms with Crippen LogP contribution in [0.1, 0.15) is 34.3 Å². The zero-order chi connectivity index (χ0) is 20.2. The molecule has 2 aromatic carbocycles. The lowest BCUT2D eigenvalue weighted by molar-refractivity contribution is 0.0907. The van der Waals surface area contributed by atoms with Crippen LogP contribution in [0.15, 0.2) is 36.4 Å². The summed E-state index contributed by atoms with van der Waals surface area (Å²) in [5, 5.41) is 3.17. The molecule has 1 amide bonds. The molecule has 0 unspecified atom stereocenters. The fourth-order valence-electron chi connectivity index (χ4n) is 3.98. The fraction of sp³-hybridized carbons (Fsp3) is 0.435. The number of amides is 1. The minimum atomic E-state index is -0.0996. The normalized spacial score (nSPS) is 17.0. The van der Waals surface area contributed by atoms with Gasteiger partial charge in [-0.15, -0.1) is 0 Å². The van der Waals surface area contributed by atoms with E-state index in [4.69, 9.17) is 14.2 Å². The number of nitrogens with zero attached hydrogens (tertiary/aromatic N) is 1. The number of benzene rings is 2. The van der Waals surface area contributed by atoms with Crippen molar-refractivity contribution >= 4 is 5.91 Å². The summed E-state index contributed by atoms with van der Waals surface area (Å²) >= 11 is 0. The molecular formula is C23H28N2O4. The number of carbonyl (C=O) groups excluding carboxylic acids is 1. The van der Waals surface area contributed by atoms with Crippen LogP contribution in [0, 0.1) is 6.92 Å². The number of aryl methyl sites for hydroxylation is 1. The van der Waals surface area contributed by atoms with Gasteiger partial charge in [-0.25, -0.2) is 0 Å². The molecule has 0 aliphatic carbocycles. The Labute approximate surface area is 171 Å². The Morgan fingerprint density at radius 3 is 2.72 bits per heavy atom. The summed E-state index contributed by atoms with van der Waals surface area (Å²) in [4.78, 5) is 15.2. The maximum atomic E-state index is 12.8. The second-order valence-electron chi connectivity index (χ2n) is 7.72. The topological polar surface area (TPSA) is 60.0 Å². The SMILES string of the molecule is COc1cc(C(=O)NC2CCN(Cc3cccc(C)c3)CC2)cc2c1OCCO2. The van der Waals surface area contributed by atoms with Crippen LogP contribution < -0.4 is 19.5 Å². The van der Waals surface area contributed by atoms with Crippen LogP contribution in [0.3, 0.4) is 0 Å². The zero-order valence-electron chi connectivity index (χ0n) is 17.1. The van der Waals surface area contributed by atoms with Gasteiger partial charge in [0.1, 0.15) is 13.2 Å². The number of carbonyl (C=O) groups is 1. The third kappa shape index (κ3) is 4.65. The number of nitrogens with one attached hydrogen (secondary N) is 1. The number of rotatable bonds is 5. The van der Waals surface area contributed by atoms with E-state index in [0.29, 0.717) is 36.0 Å². The predicted octanol–water partition coefficient (Wildman–Crippen LogP) is 3.17. The van der Waals surface area contributed by atoms with Crippen molar-refractivity contribution in [2.75, 3.05) is 33.4 Å². The van der Waals surface area contributed by atoms with Crippen molar-refractivity contribution in [3.63, 3.8) is 0 Å². The molecule has 2 aliphatic rings. The average Bonchev–Trinajstić information content (AvgIpc) is 2.74. The van der Waals surface area contributed by atoms with Gasteiger partial charge in [0.15, 0.2) is 11.5 Å². The standard InChI is InChI=1S/C23H28N2O4/c1-16-4-3-5-17(12-16)15-25-8-6-19(7-9-25)24-23(26)18-13-20(27-2)22-21(14-18)28-10-11-29-22/h3-5,12-14,19H,6-11,15H2,1-2H3,(H,24,26). The van der Waals surface area contributed by atoms with Crippen molar-refractivity contribution in [1.82, 2.24) is 10.2 Å². The van der Waals surface area contributed by atoms with Gasteiger partial charge in [-0.2, -0.15) is 0 Å². The number of hydrogen-bond donors (Lipinski definition) is 1. The Morgan fingerprint density at radius 1 is 1.17 bits per heavy atom. The van der Waals surface area contributed by atoms with E-state index in [2.05, 4.69) is 41.4 Å². The van der Waals surface area contributed by atoms with Gasteiger partial charge < -0.3 is 19.5 Å². The molecule has 6 nitrogen and oxygen atoms in total. The van der Waals surface area contributed by atoms with E-state index in [1.54, 1.807) is 19.2 Å². The number of ether oxygens (including phenoxy) is 3. The van der Waals surface area contributed by atoms with Crippen LogP contribution in [-0.4, -0.2) is 50.3 Å². The molecule has 0 bridgehead atoms. The summed E-state index contributed by atoms with van der Waals surface area (Å²) in [6.45, 7) is 5.99. The Kier molecular flexibility index (Phi) is 5.90. The molecule has 0 radical (unpaired) electrons. The lowest BCUT2D eigenvalue weighted by Crippen LogP contribution is -2.44. The summed E-state index contributed by atoms with van der Waals surface area (Å²) in [5.74, 6) is 1.56. The van der Waals surface area contributed by atoms with Gasteiger partial charge in [0, 0.05) is 31.2 Å². The van der Waals surface area contributed by atoms with E-state index in [-0.39, 0.29) is 11.9 Å². The molecule has 0 spiro atoms. The van der Waals surface area contributed by atoms with Crippen molar-refractivity contribution in [2.24, 2.45) is 0 Å². The minimum absolute atomic E-state index is 0.0996. The van der Waals surface area contributed by atoms with Crippen LogP contribution >= 0.6 is 0 Å². The smallest absolute Gasteiger partial charge is 0.251 e. The molecule has 2 heterocycles. The molecular weight excluding hydrogens is 368 g/mol. The Bertz CT molecular complexity index is 858. The number of methoxy groups -OCH3 is 1. The molecule has 4 rings (SSSR count). The van der Waals surface area contributed by atoms with Crippen molar-refractivity contribution < 1.29 is 19.0 Å². The number of hydrogen-bond acceptors (Lipinski definition) is 5. The number of piperidine rings is 1. The minimum Gasteiger partial charge on any atom is -0.493 e. The second kappa shape index (κ2) is 8.74. The molecule has 0 saturated carbocycles. The van der Waals surface area contributed by atoms with Gasteiger partial charge in [-0.05, 0) is 37.5 Å². The van der Waals surface area contributed by atoms with E-state index < -0.39 is 0 Å². The first-order chi connectivity index (χ1) is 14.1. The Balaban J connectivity index is 1.34. The lowest BCUT2D eigenvalue weighted by Gasteiger charge is -2.32. The molecule has 29 heavy (non-hydrogen) atoms. The maximum absolute atomic E-state index is 12.8. The predicted molar refractivity (Wildman–Crippen MR) is 111 cm³/mol. The van der Waals surface area contributed by atoms with Crippen LogP contribution in [0.5, 0.6) is 17.2 Å². The Morgan fingerprint density at radius 2 is 1.97 bits per heavy atom. The molecule has 2 aliphatic heterocycles. The quantitative estimate of drug-likeness (QED) is 0.841. The first-order valence-electron chi connectivity index (χ1n) is 10.2. The molecule has 154 valence electrons. The van der Waals surface area contributed by atoms with E-state index in [9.17, 15) is 4.79 Å². The monoisotopic (exact) mass is 396 g/mol. The van der Waals surface area contributed by atoms with Crippen LogP contribution in [0.2, 0.25) is 0 Å². The first kappa shape index (κ1) is 19.6. The molecule has 2 aromatic rings. The largest absolute Gasteiger partial charge is 0.493 e. The summed E-state index contributed by atoms with van der Waals surface area (Å²) in [6, 6.07) is 12.3. The van der Waals surface area contributed by atoms with E-state index in [1.165, 1.54) is 11.1 Å². The highest BCUT2D eigenvalue weighted by Crippen LogP contribution is 2.40. The third-order valence-electron chi connectivity index (χ3n) is 5.50. The summed E-state index contributed by atoms with van der Waals surface area (Å²) in [6.07, 6.45) is 1.89. The molecule has 1 fully saturated rings. The zero-order valence-corrected chi connectivity index (χ0v) is 17.1. The highest BCUT2D eigenvalue weighted by atomic mass is 16.6. The van der Waals surface area contributed by atoms with Crippen molar-refractivity contribution in [3.8, 4) is 17.2 Å². The summed E-state index contributed by atoms with van der Waals surface area (Å²) in [7, 11) is 1.57.